The first-order chi connectivity index (χ1) is 21.7. The average molecular weight is 642 g/mol. The van der Waals surface area contributed by atoms with Gasteiger partial charge in [0.2, 0.25) is 11.3 Å². The summed E-state index contributed by atoms with van der Waals surface area (Å²) in [4.78, 5) is 33.8. The number of carbonyl (C=O) groups is 1. The highest BCUT2D eigenvalue weighted by molar-refractivity contribution is 6.38. The van der Waals surface area contributed by atoms with Crippen LogP contribution >= 0.6 is 11.6 Å². The molecule has 0 amide bonds. The molecule has 1 aliphatic carbocycles. The molecule has 2 aliphatic rings. The van der Waals surface area contributed by atoms with Gasteiger partial charge < -0.3 is 25.0 Å². The van der Waals surface area contributed by atoms with Crippen molar-refractivity contribution in [2.75, 3.05) is 36.0 Å². The van der Waals surface area contributed by atoms with Crippen LogP contribution in [0.5, 0.6) is 5.88 Å². The van der Waals surface area contributed by atoms with Crippen molar-refractivity contribution < 1.29 is 27.8 Å². The molecule has 0 atom stereocenters. The maximum absolute atomic E-state index is 15.8. The lowest BCUT2D eigenvalue weighted by molar-refractivity contribution is -0.0545. The molecular weight excluding hydrogens is 611 g/mol. The maximum Gasteiger partial charge on any atom is 0.388 e. The lowest BCUT2D eigenvalue weighted by Crippen LogP contribution is -2.47. The fraction of sp³-hybridized carbons (Fsp3) is 0.344. The molecule has 2 aromatic carbocycles. The minimum Gasteiger partial charge on any atom is -0.477 e. The number of rotatable bonds is 9. The molecule has 45 heavy (non-hydrogen) atoms. The fourth-order valence-corrected chi connectivity index (χ4v) is 6.61. The predicted octanol–water partition coefficient (Wildman–Crippen LogP) is 5.84. The minimum absolute atomic E-state index is 0.0264. The number of carboxylic acids is 1. The second-order valence-corrected chi connectivity index (χ2v) is 11.5. The van der Waals surface area contributed by atoms with Gasteiger partial charge in [-0.25, -0.2) is 14.2 Å². The second-order valence-electron chi connectivity index (χ2n) is 11.1. The number of aromatic nitrogens is 2. The van der Waals surface area contributed by atoms with E-state index in [4.69, 9.17) is 16.3 Å². The number of aromatic carboxylic acids is 1. The summed E-state index contributed by atoms with van der Waals surface area (Å²) in [5.41, 5.74) is -1.28. The lowest BCUT2D eigenvalue weighted by atomic mass is 10.1. The second kappa shape index (κ2) is 13.0. The number of carboxylic acid groups (broad SMARTS) is 1. The standard InChI is InChI=1S/C32H31ClF3N5O4/c33-26-27-22(17-23(34)28(26)40-15-13-39(14-16-40)24-7-3-4-12-37-24)29(42)25(31(43)44)30(45-32(35)36)41(27)21-10-8-19(9-11-21)18-38-20-5-1-2-6-20/h3-4,7-12,17,20,32,38H,1-2,5-6,13-16,18H2,(H,43,44). The summed E-state index contributed by atoms with van der Waals surface area (Å²) in [7, 11) is 0. The molecule has 6 rings (SSSR count). The third-order valence-corrected chi connectivity index (χ3v) is 8.77. The van der Waals surface area contributed by atoms with E-state index in [9.17, 15) is 23.5 Å². The maximum atomic E-state index is 15.8. The first kappa shape index (κ1) is 30.7. The van der Waals surface area contributed by atoms with Crippen LogP contribution in [0.1, 0.15) is 41.6 Å². The van der Waals surface area contributed by atoms with Gasteiger partial charge in [0.15, 0.2) is 5.56 Å². The first-order valence-corrected chi connectivity index (χ1v) is 15.1. The Morgan fingerprint density at radius 3 is 2.38 bits per heavy atom. The molecule has 1 aliphatic heterocycles. The number of nitrogens with zero attached hydrogens (tertiary/aromatic N) is 4. The van der Waals surface area contributed by atoms with Crippen LogP contribution in [0.2, 0.25) is 5.02 Å². The monoisotopic (exact) mass is 641 g/mol. The number of pyridine rings is 2. The van der Waals surface area contributed by atoms with Gasteiger partial charge in [0, 0.05) is 50.6 Å². The van der Waals surface area contributed by atoms with E-state index in [1.165, 1.54) is 12.8 Å². The van der Waals surface area contributed by atoms with Crippen molar-refractivity contribution >= 4 is 40.0 Å². The average Bonchev–Trinajstić information content (AvgIpc) is 3.55. The van der Waals surface area contributed by atoms with Gasteiger partial charge in [-0.1, -0.05) is 42.6 Å². The minimum atomic E-state index is -3.46. The number of hydrogen-bond acceptors (Lipinski definition) is 7. The number of nitrogens with one attached hydrogen (secondary N) is 1. The molecule has 2 aromatic heterocycles. The summed E-state index contributed by atoms with van der Waals surface area (Å²) in [6, 6.07) is 13.6. The Kier molecular flexibility index (Phi) is 8.86. The highest BCUT2D eigenvalue weighted by atomic mass is 35.5. The lowest BCUT2D eigenvalue weighted by Gasteiger charge is -2.37. The molecule has 0 radical (unpaired) electrons. The zero-order chi connectivity index (χ0) is 31.7. The van der Waals surface area contributed by atoms with E-state index in [1.807, 2.05) is 23.1 Å². The Bertz CT molecular complexity index is 1760. The summed E-state index contributed by atoms with van der Waals surface area (Å²) >= 11 is 6.89. The summed E-state index contributed by atoms with van der Waals surface area (Å²) < 4.78 is 49.1. The van der Waals surface area contributed by atoms with E-state index in [1.54, 1.807) is 35.4 Å². The fourth-order valence-electron chi connectivity index (χ4n) is 6.21. The Labute approximate surface area is 261 Å². The number of fused-ring (bicyclic) bond motifs is 1. The molecule has 3 heterocycles. The Balaban J connectivity index is 1.46. The number of hydrogen-bond donors (Lipinski definition) is 2. The molecule has 2 N–H and O–H groups in total. The van der Waals surface area contributed by atoms with Crippen LogP contribution < -0.4 is 25.3 Å². The topological polar surface area (TPSA) is 99.9 Å². The highest BCUT2D eigenvalue weighted by Crippen LogP contribution is 2.40. The smallest absolute Gasteiger partial charge is 0.388 e. The molecule has 2 fully saturated rings. The Morgan fingerprint density at radius 2 is 1.76 bits per heavy atom. The van der Waals surface area contributed by atoms with Gasteiger partial charge >= 0.3 is 12.6 Å². The number of alkyl halides is 2. The molecule has 1 saturated carbocycles. The van der Waals surface area contributed by atoms with Gasteiger partial charge in [-0.3, -0.25) is 9.36 Å². The zero-order valence-electron chi connectivity index (χ0n) is 24.2. The third-order valence-electron chi connectivity index (χ3n) is 8.41. The van der Waals surface area contributed by atoms with Crippen molar-refractivity contribution in [2.45, 2.75) is 44.9 Å². The molecule has 13 heteroatoms. The normalized spacial score (nSPS) is 15.8. The van der Waals surface area contributed by atoms with Crippen LogP contribution in [0, 0.1) is 5.82 Å². The Hall–Kier alpha value is -4.29. The largest absolute Gasteiger partial charge is 0.477 e. The van der Waals surface area contributed by atoms with Gasteiger partial charge in [-0.2, -0.15) is 8.78 Å². The van der Waals surface area contributed by atoms with Crippen molar-refractivity contribution in [3.05, 3.63) is 86.9 Å². The number of benzene rings is 2. The van der Waals surface area contributed by atoms with E-state index in [0.29, 0.717) is 38.8 Å². The van der Waals surface area contributed by atoms with E-state index < -0.39 is 35.3 Å². The molecule has 0 spiro atoms. The van der Waals surface area contributed by atoms with Crippen LogP contribution in [0.3, 0.4) is 0 Å². The molecule has 4 aromatic rings. The van der Waals surface area contributed by atoms with Gasteiger partial charge in [0.05, 0.1) is 21.6 Å². The van der Waals surface area contributed by atoms with Crippen LogP contribution in [-0.2, 0) is 6.54 Å². The number of ether oxygens (including phenoxy) is 1. The molecule has 0 bridgehead atoms. The van der Waals surface area contributed by atoms with Gasteiger partial charge in [-0.15, -0.1) is 0 Å². The molecule has 1 saturated heterocycles. The van der Waals surface area contributed by atoms with E-state index in [0.717, 1.165) is 34.9 Å². The summed E-state index contributed by atoms with van der Waals surface area (Å²) in [5.74, 6) is -2.76. The third kappa shape index (κ3) is 6.16. The van der Waals surface area contributed by atoms with Crippen LogP contribution in [-0.4, -0.2) is 59.5 Å². The van der Waals surface area contributed by atoms with E-state index >= 15 is 4.39 Å². The highest BCUT2D eigenvalue weighted by Gasteiger charge is 2.31. The summed E-state index contributed by atoms with van der Waals surface area (Å²) in [5, 5.41) is 12.8. The van der Waals surface area contributed by atoms with E-state index in [2.05, 4.69) is 10.3 Å². The Morgan fingerprint density at radius 1 is 1.07 bits per heavy atom. The van der Waals surface area contributed by atoms with Crippen molar-refractivity contribution in [1.29, 1.82) is 0 Å². The van der Waals surface area contributed by atoms with Crippen LogP contribution in [0.15, 0.2) is 59.5 Å². The number of halogens is 4. The zero-order valence-corrected chi connectivity index (χ0v) is 24.9. The van der Waals surface area contributed by atoms with Gasteiger partial charge in [-0.05, 0) is 48.7 Å². The van der Waals surface area contributed by atoms with Crippen LogP contribution in [0.25, 0.3) is 16.6 Å². The molecule has 0 unspecified atom stereocenters. The number of anilines is 2. The first-order valence-electron chi connectivity index (χ1n) is 14.8. The SMILES string of the molecule is O=C(O)c1c(OC(F)F)n(-c2ccc(CNC3CCCC3)cc2)c2c(Cl)c(N3CCN(c4ccccn4)CC3)c(F)cc2c1=O. The van der Waals surface area contributed by atoms with Gasteiger partial charge in [0.25, 0.3) is 0 Å². The summed E-state index contributed by atoms with van der Waals surface area (Å²) in [6.07, 6.45) is 6.24. The molecule has 9 nitrogen and oxygen atoms in total. The van der Waals surface area contributed by atoms with Crippen molar-refractivity contribution in [1.82, 2.24) is 14.9 Å². The molecule has 236 valence electrons. The van der Waals surface area contributed by atoms with E-state index in [-0.39, 0.29) is 27.3 Å². The predicted molar refractivity (Wildman–Crippen MR) is 166 cm³/mol. The van der Waals surface area contributed by atoms with Crippen LogP contribution in [0.4, 0.5) is 24.7 Å². The van der Waals surface area contributed by atoms with Crippen molar-refractivity contribution in [3.63, 3.8) is 0 Å². The van der Waals surface area contributed by atoms with Crippen molar-refractivity contribution in [3.8, 4) is 11.6 Å². The van der Waals surface area contributed by atoms with Gasteiger partial charge in [0.1, 0.15) is 11.6 Å². The summed E-state index contributed by atoms with van der Waals surface area (Å²) in [6.45, 7) is -1.20. The van der Waals surface area contributed by atoms with Crippen molar-refractivity contribution in [2.24, 2.45) is 0 Å². The molecular formula is C32H31ClF3N5O4. The number of piperazine rings is 1. The quantitative estimate of drug-likeness (QED) is 0.235.